The molecule has 200 valence electrons. The molecule has 0 atom stereocenters. The van der Waals surface area contributed by atoms with E-state index >= 15 is 17.6 Å². The molecule has 0 radical (unpaired) electrons. The minimum Gasteiger partial charge on any atom is -0.194 e. The molecule has 0 unspecified atom stereocenters. The van der Waals surface area contributed by atoms with Crippen LogP contribution in [0.4, 0.5) is 26.3 Å². The highest BCUT2D eigenvalue weighted by atomic mass is 32.1. The van der Waals surface area contributed by atoms with Gasteiger partial charge in [0.25, 0.3) is 0 Å². The van der Waals surface area contributed by atoms with Crippen molar-refractivity contribution in [3.05, 3.63) is 115 Å². The maximum absolute atomic E-state index is 15.3. The van der Waals surface area contributed by atoms with Crippen LogP contribution < -0.4 is 0 Å². The van der Waals surface area contributed by atoms with Gasteiger partial charge in [-0.1, -0.05) is 72.8 Å². The van der Waals surface area contributed by atoms with Gasteiger partial charge in [-0.3, -0.25) is 0 Å². The third-order valence-corrected chi connectivity index (χ3v) is 8.91. The zero-order valence-electron chi connectivity index (χ0n) is 20.8. The zero-order valence-corrected chi connectivity index (χ0v) is 22.5. The second-order valence-electron chi connectivity index (χ2n) is 9.28. The summed E-state index contributed by atoms with van der Waals surface area (Å²) in [5, 5.41) is 0. The Morgan fingerprint density at radius 2 is 0.897 bits per heavy atom. The van der Waals surface area contributed by atoms with Crippen molar-refractivity contribution in [1.82, 2.24) is 0 Å². The van der Waals surface area contributed by atoms with Crippen LogP contribution in [0.1, 0.15) is 41.8 Å². The van der Waals surface area contributed by atoms with Crippen molar-refractivity contribution in [2.24, 2.45) is 0 Å². The van der Waals surface area contributed by atoms with Gasteiger partial charge in [0.2, 0.25) is 0 Å². The first kappa shape index (κ1) is 27.2. The summed E-state index contributed by atoms with van der Waals surface area (Å²) < 4.78 is 91.0. The van der Waals surface area contributed by atoms with Crippen LogP contribution in [0.3, 0.4) is 0 Å². The average molecular weight is 573 g/mol. The number of allylic oxidation sites excluding steroid dienone is 2. The van der Waals surface area contributed by atoms with Gasteiger partial charge in [0, 0.05) is 19.5 Å². The van der Waals surface area contributed by atoms with Crippen LogP contribution in [-0.2, 0) is 0 Å². The molecular weight excluding hydrogens is 550 g/mol. The molecule has 1 aliphatic rings. The van der Waals surface area contributed by atoms with E-state index in [1.807, 2.05) is 60.7 Å². The van der Waals surface area contributed by atoms with E-state index in [9.17, 15) is 8.78 Å². The summed E-state index contributed by atoms with van der Waals surface area (Å²) in [5.41, 5.74) is -0.455. The molecule has 5 rings (SSSR count). The molecule has 2 aromatic heterocycles. The number of rotatable bonds is 6. The van der Waals surface area contributed by atoms with E-state index in [1.165, 1.54) is 13.8 Å². The molecule has 2 heterocycles. The Morgan fingerprint density at radius 3 is 1.26 bits per heavy atom. The van der Waals surface area contributed by atoms with Crippen molar-refractivity contribution in [2.45, 2.75) is 31.6 Å². The van der Waals surface area contributed by atoms with Gasteiger partial charge in [-0.15, -0.1) is 22.7 Å². The summed E-state index contributed by atoms with van der Waals surface area (Å²) in [6, 6.07) is 21.5. The van der Waals surface area contributed by atoms with E-state index in [1.54, 1.807) is 36.4 Å². The Kier molecular flexibility index (Phi) is 6.97. The SMILES string of the molecule is Cc1cc(/C=C/c2ccccc2)sc1C1=C(c2sc(/C=C/c3ccccc3)cc2C)C(F)(F)C(F)(F)C1(F)F. The lowest BCUT2D eigenvalue weighted by molar-refractivity contribution is -0.254. The van der Waals surface area contributed by atoms with Gasteiger partial charge >= 0.3 is 17.8 Å². The van der Waals surface area contributed by atoms with Gasteiger partial charge in [0.15, 0.2) is 0 Å². The first-order valence-electron chi connectivity index (χ1n) is 12.0. The molecule has 0 fully saturated rings. The van der Waals surface area contributed by atoms with Gasteiger partial charge < -0.3 is 0 Å². The Hall–Kier alpha value is -3.36. The van der Waals surface area contributed by atoms with Crippen LogP contribution in [0.25, 0.3) is 35.5 Å². The lowest BCUT2D eigenvalue weighted by atomic mass is 10.0. The molecule has 0 nitrogen and oxygen atoms in total. The Labute approximate surface area is 230 Å². The highest BCUT2D eigenvalue weighted by Crippen LogP contribution is 2.66. The Morgan fingerprint density at radius 1 is 0.538 bits per heavy atom. The molecule has 0 amide bonds. The number of hydrogen-bond donors (Lipinski definition) is 0. The molecule has 2 aromatic carbocycles. The maximum Gasteiger partial charge on any atom is 0.380 e. The van der Waals surface area contributed by atoms with E-state index < -0.39 is 28.9 Å². The first-order valence-corrected chi connectivity index (χ1v) is 13.6. The molecule has 0 saturated heterocycles. The monoisotopic (exact) mass is 572 g/mol. The van der Waals surface area contributed by atoms with Crippen LogP contribution in [0.2, 0.25) is 0 Å². The van der Waals surface area contributed by atoms with Gasteiger partial charge in [-0.2, -0.15) is 26.3 Å². The zero-order chi connectivity index (χ0) is 28.0. The highest BCUT2D eigenvalue weighted by molar-refractivity contribution is 7.15. The summed E-state index contributed by atoms with van der Waals surface area (Å²) in [5.74, 6) is -15.7. The molecule has 0 N–H and O–H groups in total. The second kappa shape index (κ2) is 9.99. The van der Waals surface area contributed by atoms with Crippen molar-refractivity contribution in [1.29, 1.82) is 0 Å². The standard InChI is InChI=1S/C31H22F6S2/c1-19-17-23(15-13-21-9-5-3-6-10-21)38-27(19)25-26(30(34,35)31(36,37)29(25,32)33)28-20(2)18-24(39-28)16-14-22-11-7-4-8-12-22/h3-18H,1-2H3/b15-13+,16-14+. The number of alkyl halides is 6. The van der Waals surface area contributed by atoms with Crippen molar-refractivity contribution >= 4 is 58.1 Å². The summed E-state index contributed by atoms with van der Waals surface area (Å²) in [6.07, 6.45) is 6.80. The van der Waals surface area contributed by atoms with Crippen LogP contribution in [0.5, 0.6) is 0 Å². The van der Waals surface area contributed by atoms with E-state index in [2.05, 4.69) is 0 Å². The molecule has 4 aromatic rings. The fourth-order valence-corrected chi connectivity index (χ4v) is 6.82. The van der Waals surface area contributed by atoms with Gasteiger partial charge in [-0.05, 0) is 60.4 Å². The number of benzene rings is 2. The van der Waals surface area contributed by atoms with E-state index in [0.29, 0.717) is 9.75 Å². The largest absolute Gasteiger partial charge is 0.380 e. The Balaban J connectivity index is 1.64. The van der Waals surface area contributed by atoms with Crippen molar-refractivity contribution in [3.63, 3.8) is 0 Å². The predicted molar refractivity (Wildman–Crippen MR) is 151 cm³/mol. The molecule has 0 saturated carbocycles. The molecule has 8 heteroatoms. The lowest BCUT2D eigenvalue weighted by Crippen LogP contribution is -2.48. The fraction of sp³-hybridized carbons (Fsp3) is 0.161. The average Bonchev–Trinajstić information content (AvgIpc) is 3.48. The van der Waals surface area contributed by atoms with Gasteiger partial charge in [-0.25, -0.2) is 0 Å². The van der Waals surface area contributed by atoms with Crippen molar-refractivity contribution < 1.29 is 26.3 Å². The number of aryl methyl sites for hydroxylation is 2. The summed E-state index contributed by atoms with van der Waals surface area (Å²) in [7, 11) is 0. The van der Waals surface area contributed by atoms with Crippen LogP contribution in [0, 0.1) is 13.8 Å². The van der Waals surface area contributed by atoms with Crippen molar-refractivity contribution in [3.8, 4) is 0 Å². The summed E-state index contributed by atoms with van der Waals surface area (Å²) in [4.78, 5) is 0.436. The van der Waals surface area contributed by atoms with E-state index in [4.69, 9.17) is 0 Å². The Bertz CT molecular complexity index is 1470. The molecule has 0 spiro atoms. The minimum atomic E-state index is -5.59. The normalized spacial score (nSPS) is 18.1. The summed E-state index contributed by atoms with van der Waals surface area (Å²) in [6.45, 7) is 2.94. The lowest BCUT2D eigenvalue weighted by Gasteiger charge is -2.25. The van der Waals surface area contributed by atoms with Crippen molar-refractivity contribution in [2.75, 3.05) is 0 Å². The third kappa shape index (κ3) is 4.70. The topological polar surface area (TPSA) is 0 Å². The van der Waals surface area contributed by atoms with Crippen LogP contribution in [-0.4, -0.2) is 17.8 Å². The molecular formula is C31H22F6S2. The molecule has 0 bridgehead atoms. The van der Waals surface area contributed by atoms with E-state index in [0.717, 1.165) is 33.8 Å². The maximum atomic E-state index is 15.3. The van der Waals surface area contributed by atoms with Gasteiger partial charge in [0.1, 0.15) is 0 Å². The van der Waals surface area contributed by atoms with Crippen LogP contribution in [0.15, 0.2) is 72.8 Å². The van der Waals surface area contributed by atoms with Gasteiger partial charge in [0.05, 0.1) is 11.1 Å². The molecule has 1 aliphatic carbocycles. The minimum absolute atomic E-state index is 0.229. The summed E-state index contributed by atoms with van der Waals surface area (Å²) >= 11 is 1.60. The number of hydrogen-bond acceptors (Lipinski definition) is 2. The number of halogens is 6. The third-order valence-electron chi connectivity index (χ3n) is 6.47. The van der Waals surface area contributed by atoms with Crippen LogP contribution >= 0.6 is 22.7 Å². The molecule has 0 aliphatic heterocycles. The quantitative estimate of drug-likeness (QED) is 0.202. The fourth-order valence-electron chi connectivity index (χ4n) is 4.50. The first-order chi connectivity index (χ1) is 18.4. The molecule has 39 heavy (non-hydrogen) atoms. The van der Waals surface area contributed by atoms with E-state index in [-0.39, 0.29) is 20.9 Å². The smallest absolute Gasteiger partial charge is 0.194 e. The second-order valence-corrected chi connectivity index (χ2v) is 11.5. The highest BCUT2D eigenvalue weighted by Gasteiger charge is 2.80. The number of thiophene rings is 2. The predicted octanol–water partition coefficient (Wildman–Crippen LogP) is 10.6.